The van der Waals surface area contributed by atoms with Crippen molar-refractivity contribution in [3.05, 3.63) is 134 Å². The third-order valence-electron chi connectivity index (χ3n) is 15.0. The molecule has 0 bridgehead atoms. The van der Waals surface area contributed by atoms with Gasteiger partial charge in [-0.2, -0.15) is 0 Å². The van der Waals surface area contributed by atoms with Gasteiger partial charge in [0.2, 0.25) is 0 Å². The van der Waals surface area contributed by atoms with Crippen LogP contribution in [0.15, 0.2) is 134 Å². The maximum Gasteiger partial charge on any atom is 0.472 e. The molecule has 5 unspecified atom stereocenters. The molecule has 0 saturated heterocycles. The van der Waals surface area contributed by atoms with Crippen molar-refractivity contribution in [1.82, 2.24) is 0 Å². The van der Waals surface area contributed by atoms with Crippen LogP contribution in [0, 0.1) is 0 Å². The van der Waals surface area contributed by atoms with Crippen molar-refractivity contribution in [2.45, 2.75) is 303 Å². The van der Waals surface area contributed by atoms with E-state index in [0.29, 0.717) is 25.7 Å². The summed E-state index contributed by atoms with van der Waals surface area (Å²) in [4.78, 5) is 72.8. The van der Waals surface area contributed by atoms with Crippen molar-refractivity contribution >= 4 is 39.5 Å². The molecule has 0 rings (SSSR count). The fraction of sp³-hybridized carbons (Fsp3) is 0.671. The number of carbonyl (C=O) groups is 4. The molecule has 98 heavy (non-hydrogen) atoms. The molecule has 0 saturated carbocycles. The topological polar surface area (TPSA) is 237 Å². The standard InChI is InChI=1S/C79H132O17P2/c1-5-9-13-17-21-25-29-33-34-35-36-37-38-42-44-48-52-56-60-64-77(82)90-70-75(96-79(84)66-62-58-54-50-46-41-32-28-24-20-16-12-8-4)72-94-98(87,88)92-68-73(80)67-91-97(85,86)93-71-74(95-78(83)65-61-57-53-49-45-40-31-27-23-19-15-11-7-3)69-89-76(81)63-59-55-51-47-43-39-30-26-22-18-14-10-6-2/h9,13-16,18-21,25-28,30-34,36-37,42,44,73-75,80H,5-8,10-12,17,22-24,29,35,38-41,43,45-72H2,1-4H3,(H,85,86)(H,87,88)/b13-9-,18-14-,19-15-,20-16-,25-21-,30-26-,31-27-,32-28-,34-33-,37-36-,44-42-. The molecule has 0 aromatic heterocycles. The molecule has 3 N–H and O–H groups in total. The molecule has 0 fully saturated rings. The van der Waals surface area contributed by atoms with Crippen LogP contribution >= 0.6 is 15.6 Å². The van der Waals surface area contributed by atoms with Crippen molar-refractivity contribution in [2.75, 3.05) is 39.6 Å². The SMILES string of the molecule is CC/C=C\C/C=C\C/C=C\C/C=C\C/C=C\CCCCCC(=O)OCC(COP(=O)(O)OCC(O)COP(=O)(O)OCC(COC(=O)CCCCCCC/C=C\C/C=C\CCC)OC(=O)CCCCCCC/C=C\C/C=C\CCC)OC(=O)CCCCCCC/C=C\C/C=C\CCC. The highest BCUT2D eigenvalue weighted by Crippen LogP contribution is 2.45. The lowest BCUT2D eigenvalue weighted by Crippen LogP contribution is -2.30. The summed E-state index contributed by atoms with van der Waals surface area (Å²) in [5, 5.41) is 10.6. The molecular weight excluding hydrogens is 1280 g/mol. The lowest BCUT2D eigenvalue weighted by Gasteiger charge is -2.21. The molecule has 0 aromatic carbocycles. The van der Waals surface area contributed by atoms with Crippen LogP contribution in [0.1, 0.15) is 285 Å². The van der Waals surface area contributed by atoms with Gasteiger partial charge in [-0.15, -0.1) is 0 Å². The highest BCUT2D eigenvalue weighted by atomic mass is 31.2. The number of hydrogen-bond acceptors (Lipinski definition) is 15. The first kappa shape index (κ1) is 93.2. The summed E-state index contributed by atoms with van der Waals surface area (Å²) < 4.78 is 68.3. The smallest absolute Gasteiger partial charge is 0.462 e. The first-order valence-corrected chi connectivity index (χ1v) is 40.4. The van der Waals surface area contributed by atoms with Crippen LogP contribution in [0.5, 0.6) is 0 Å². The van der Waals surface area contributed by atoms with Gasteiger partial charge < -0.3 is 33.8 Å². The van der Waals surface area contributed by atoms with Crippen LogP contribution in [0.2, 0.25) is 0 Å². The average Bonchev–Trinajstić information content (AvgIpc) is 0.966. The molecule has 0 amide bonds. The van der Waals surface area contributed by atoms with Crippen molar-refractivity contribution < 1.29 is 80.2 Å². The Hall–Kier alpha value is -4.80. The Balaban J connectivity index is 5.39. The number of aliphatic hydroxyl groups is 1. The Morgan fingerprint density at radius 2 is 0.531 bits per heavy atom. The predicted molar refractivity (Wildman–Crippen MR) is 399 cm³/mol. The van der Waals surface area contributed by atoms with Gasteiger partial charge in [-0.3, -0.25) is 37.3 Å². The zero-order valence-electron chi connectivity index (χ0n) is 60.9. The van der Waals surface area contributed by atoms with Gasteiger partial charge in [-0.05, 0) is 148 Å². The molecule has 0 aliphatic heterocycles. The number of carbonyl (C=O) groups excluding carboxylic acids is 4. The van der Waals surface area contributed by atoms with Crippen LogP contribution in [0.3, 0.4) is 0 Å². The summed E-state index contributed by atoms with van der Waals surface area (Å²) >= 11 is 0. The highest BCUT2D eigenvalue weighted by Gasteiger charge is 2.30. The third-order valence-corrected chi connectivity index (χ3v) is 16.9. The Labute approximate surface area is 593 Å². The average molecular weight is 1420 g/mol. The first-order chi connectivity index (χ1) is 47.7. The molecule has 0 spiro atoms. The quantitative estimate of drug-likeness (QED) is 0.0169. The maximum absolute atomic E-state index is 13.1. The zero-order chi connectivity index (χ0) is 71.8. The summed E-state index contributed by atoms with van der Waals surface area (Å²) in [7, 11) is -9.97. The Bertz CT molecular complexity index is 2380. The normalized spacial score (nSPS) is 14.7. The Kier molecular flexibility index (Phi) is 67.2. The van der Waals surface area contributed by atoms with E-state index in [-0.39, 0.29) is 25.7 Å². The number of aliphatic hydroxyl groups excluding tert-OH is 1. The molecule has 0 aromatic rings. The zero-order valence-corrected chi connectivity index (χ0v) is 62.7. The van der Waals surface area contributed by atoms with Crippen molar-refractivity contribution in [3.8, 4) is 0 Å². The molecule has 0 radical (unpaired) electrons. The number of rotatable bonds is 69. The van der Waals surface area contributed by atoms with Crippen LogP contribution < -0.4 is 0 Å². The maximum atomic E-state index is 13.1. The minimum absolute atomic E-state index is 0.0670. The molecule has 17 nitrogen and oxygen atoms in total. The van der Waals surface area contributed by atoms with E-state index in [2.05, 4.69) is 161 Å². The fourth-order valence-electron chi connectivity index (χ4n) is 9.36. The molecule has 5 atom stereocenters. The molecule has 560 valence electrons. The highest BCUT2D eigenvalue weighted by molar-refractivity contribution is 7.47. The second-order valence-corrected chi connectivity index (χ2v) is 27.4. The van der Waals surface area contributed by atoms with Gasteiger partial charge >= 0.3 is 39.5 Å². The van der Waals surface area contributed by atoms with E-state index in [1.807, 2.05) is 0 Å². The number of hydrogen-bond donors (Lipinski definition) is 3. The van der Waals surface area contributed by atoms with Crippen molar-refractivity contribution in [2.24, 2.45) is 0 Å². The van der Waals surface area contributed by atoms with Crippen LogP contribution in [0.4, 0.5) is 0 Å². The van der Waals surface area contributed by atoms with E-state index >= 15 is 0 Å². The summed E-state index contributed by atoms with van der Waals surface area (Å²) in [6.45, 7) is 4.46. The molecule has 0 heterocycles. The van der Waals surface area contributed by atoms with Crippen LogP contribution in [0.25, 0.3) is 0 Å². The van der Waals surface area contributed by atoms with E-state index in [1.165, 1.54) is 0 Å². The fourth-order valence-corrected chi connectivity index (χ4v) is 10.9. The van der Waals surface area contributed by atoms with Gasteiger partial charge in [0.1, 0.15) is 19.3 Å². The minimum atomic E-state index is -4.99. The number of phosphoric acid groups is 2. The van der Waals surface area contributed by atoms with E-state index in [0.717, 1.165) is 205 Å². The van der Waals surface area contributed by atoms with Crippen molar-refractivity contribution in [3.63, 3.8) is 0 Å². The van der Waals surface area contributed by atoms with Gasteiger partial charge in [-0.25, -0.2) is 9.13 Å². The van der Waals surface area contributed by atoms with E-state index in [9.17, 15) is 43.2 Å². The lowest BCUT2D eigenvalue weighted by atomic mass is 10.1. The molecule has 19 heteroatoms. The van der Waals surface area contributed by atoms with Gasteiger partial charge in [0.25, 0.3) is 0 Å². The molecule has 0 aliphatic carbocycles. The number of unbranched alkanes of at least 4 members (excludes halogenated alkanes) is 21. The van der Waals surface area contributed by atoms with E-state index in [1.54, 1.807) is 0 Å². The van der Waals surface area contributed by atoms with Gasteiger partial charge in [0, 0.05) is 25.7 Å². The minimum Gasteiger partial charge on any atom is -0.462 e. The molecule has 0 aliphatic rings. The summed E-state index contributed by atoms with van der Waals surface area (Å²) in [6, 6.07) is 0. The Morgan fingerprint density at radius 1 is 0.296 bits per heavy atom. The number of ether oxygens (including phenoxy) is 4. The number of phosphoric ester groups is 2. The first-order valence-electron chi connectivity index (χ1n) is 37.4. The van der Waals surface area contributed by atoms with E-state index in [4.69, 9.17) is 37.0 Å². The Morgan fingerprint density at radius 3 is 0.827 bits per heavy atom. The lowest BCUT2D eigenvalue weighted by molar-refractivity contribution is -0.161. The third kappa shape index (κ3) is 69.7. The molecular formula is C79H132O17P2. The number of allylic oxidation sites excluding steroid dienone is 22. The van der Waals surface area contributed by atoms with Crippen LogP contribution in [-0.2, 0) is 65.4 Å². The van der Waals surface area contributed by atoms with Crippen molar-refractivity contribution in [1.29, 1.82) is 0 Å². The van der Waals surface area contributed by atoms with Gasteiger partial charge in [-0.1, -0.05) is 245 Å². The summed E-state index contributed by atoms with van der Waals surface area (Å²) in [6.07, 6.45) is 77.3. The number of esters is 4. The summed E-state index contributed by atoms with van der Waals surface area (Å²) in [5.41, 5.74) is 0. The van der Waals surface area contributed by atoms with Gasteiger partial charge in [0.15, 0.2) is 12.2 Å². The van der Waals surface area contributed by atoms with E-state index < -0.39 is 97.5 Å². The van der Waals surface area contributed by atoms with Gasteiger partial charge in [0.05, 0.1) is 26.4 Å². The predicted octanol–water partition coefficient (Wildman–Crippen LogP) is 21.3. The second-order valence-electron chi connectivity index (χ2n) is 24.5. The monoisotopic (exact) mass is 1410 g/mol. The largest absolute Gasteiger partial charge is 0.472 e. The second kappa shape index (κ2) is 70.6. The van der Waals surface area contributed by atoms with Crippen LogP contribution in [-0.4, -0.2) is 96.7 Å². The summed E-state index contributed by atoms with van der Waals surface area (Å²) in [5.74, 6) is -2.26.